The minimum Gasteiger partial charge on any atom is -0.494 e. The van der Waals surface area contributed by atoms with E-state index in [0.717, 1.165) is 38.1 Å². The van der Waals surface area contributed by atoms with E-state index >= 15 is 0 Å². The molecule has 0 bridgehead atoms. The van der Waals surface area contributed by atoms with Crippen LogP contribution in [-0.2, 0) is 4.79 Å². The van der Waals surface area contributed by atoms with Crippen molar-refractivity contribution in [1.82, 2.24) is 10.6 Å². The zero-order valence-electron chi connectivity index (χ0n) is 11.2. The van der Waals surface area contributed by atoms with Crippen LogP contribution in [0.25, 0.3) is 0 Å². The van der Waals surface area contributed by atoms with E-state index in [0.29, 0.717) is 13.2 Å². The molecule has 2 rings (SSSR count). The smallest absolute Gasteiger partial charge is 0.223 e. The second kappa shape index (κ2) is 7.79. The van der Waals surface area contributed by atoms with Gasteiger partial charge in [-0.3, -0.25) is 4.79 Å². The van der Waals surface area contributed by atoms with E-state index in [2.05, 4.69) is 10.6 Å². The Hall–Kier alpha value is -1.55. The van der Waals surface area contributed by atoms with Gasteiger partial charge in [0.15, 0.2) is 0 Å². The van der Waals surface area contributed by atoms with Crippen molar-refractivity contribution in [3.8, 4) is 5.75 Å². The molecule has 1 aromatic rings. The Labute approximate surface area is 114 Å². The van der Waals surface area contributed by atoms with Gasteiger partial charge in [0.25, 0.3) is 0 Å². The average molecular weight is 262 g/mol. The molecule has 1 fully saturated rings. The summed E-state index contributed by atoms with van der Waals surface area (Å²) in [5.41, 5.74) is 0. The minimum atomic E-state index is 0.191. The molecule has 4 heteroatoms. The lowest BCUT2D eigenvalue weighted by Crippen LogP contribution is -2.38. The number of amides is 1. The maximum atomic E-state index is 11.9. The van der Waals surface area contributed by atoms with Crippen LogP contribution in [0.4, 0.5) is 0 Å². The third-order valence-corrected chi connectivity index (χ3v) is 3.34. The number of rotatable bonds is 6. The van der Waals surface area contributed by atoms with Crippen molar-refractivity contribution in [3.05, 3.63) is 30.3 Å². The molecule has 0 spiro atoms. The number of benzene rings is 1. The molecular formula is C15H22N2O2. The molecule has 2 N–H and O–H groups in total. The molecular weight excluding hydrogens is 240 g/mol. The van der Waals surface area contributed by atoms with Crippen LogP contribution in [0.3, 0.4) is 0 Å². The number of carbonyl (C=O) groups is 1. The Morgan fingerprint density at radius 3 is 2.74 bits per heavy atom. The van der Waals surface area contributed by atoms with Gasteiger partial charge in [-0.05, 0) is 44.5 Å². The molecule has 104 valence electrons. The van der Waals surface area contributed by atoms with Crippen LogP contribution in [-0.4, -0.2) is 32.1 Å². The summed E-state index contributed by atoms with van der Waals surface area (Å²) in [5.74, 6) is 1.27. The fourth-order valence-electron chi connectivity index (χ4n) is 2.22. The molecule has 1 amide bonds. The van der Waals surface area contributed by atoms with Crippen molar-refractivity contribution in [2.75, 3.05) is 26.2 Å². The molecule has 0 unspecified atom stereocenters. The lowest BCUT2D eigenvalue weighted by atomic mass is 9.97. The lowest BCUT2D eigenvalue weighted by Gasteiger charge is -2.21. The third-order valence-electron chi connectivity index (χ3n) is 3.34. The highest BCUT2D eigenvalue weighted by Crippen LogP contribution is 2.11. The highest BCUT2D eigenvalue weighted by Gasteiger charge is 2.19. The van der Waals surface area contributed by atoms with Crippen LogP contribution in [0.15, 0.2) is 30.3 Å². The number of carbonyl (C=O) groups excluding carboxylic acids is 1. The SMILES string of the molecule is O=C(NCCCOc1ccccc1)C1CCNCC1. The first-order chi connectivity index (χ1) is 9.36. The molecule has 1 aliphatic rings. The van der Waals surface area contributed by atoms with Crippen LogP contribution in [0.1, 0.15) is 19.3 Å². The Balaban J connectivity index is 1.55. The van der Waals surface area contributed by atoms with Gasteiger partial charge in [0.05, 0.1) is 6.61 Å². The fourth-order valence-corrected chi connectivity index (χ4v) is 2.22. The summed E-state index contributed by atoms with van der Waals surface area (Å²) in [6.07, 6.45) is 2.74. The van der Waals surface area contributed by atoms with Crippen molar-refractivity contribution in [2.45, 2.75) is 19.3 Å². The van der Waals surface area contributed by atoms with Crippen LogP contribution in [0.2, 0.25) is 0 Å². The van der Waals surface area contributed by atoms with Crippen molar-refractivity contribution < 1.29 is 9.53 Å². The first kappa shape index (κ1) is 13.9. The number of nitrogens with one attached hydrogen (secondary N) is 2. The summed E-state index contributed by atoms with van der Waals surface area (Å²) in [5, 5.41) is 6.26. The van der Waals surface area contributed by atoms with Gasteiger partial charge in [0.1, 0.15) is 5.75 Å². The number of piperidine rings is 1. The predicted octanol–water partition coefficient (Wildman–Crippen LogP) is 1.57. The van der Waals surface area contributed by atoms with Gasteiger partial charge in [-0.15, -0.1) is 0 Å². The lowest BCUT2D eigenvalue weighted by molar-refractivity contribution is -0.125. The summed E-state index contributed by atoms with van der Waals surface area (Å²) in [4.78, 5) is 11.9. The number of ether oxygens (including phenoxy) is 1. The average Bonchev–Trinajstić information content (AvgIpc) is 2.49. The van der Waals surface area contributed by atoms with Crippen LogP contribution in [0, 0.1) is 5.92 Å². The highest BCUT2D eigenvalue weighted by atomic mass is 16.5. The number of para-hydroxylation sites is 1. The van der Waals surface area contributed by atoms with E-state index in [1.165, 1.54) is 0 Å². The van der Waals surface area contributed by atoms with Crippen LogP contribution in [0.5, 0.6) is 5.75 Å². The van der Waals surface area contributed by atoms with Gasteiger partial charge in [0.2, 0.25) is 5.91 Å². The van der Waals surface area contributed by atoms with Gasteiger partial charge in [0, 0.05) is 12.5 Å². The predicted molar refractivity (Wildman–Crippen MR) is 75.2 cm³/mol. The van der Waals surface area contributed by atoms with Gasteiger partial charge in [-0.2, -0.15) is 0 Å². The summed E-state index contributed by atoms with van der Waals surface area (Å²) in [6, 6.07) is 9.75. The fraction of sp³-hybridized carbons (Fsp3) is 0.533. The molecule has 0 atom stereocenters. The van der Waals surface area contributed by atoms with E-state index in [-0.39, 0.29) is 11.8 Å². The van der Waals surface area contributed by atoms with E-state index in [9.17, 15) is 4.79 Å². The molecule has 1 aromatic carbocycles. The Morgan fingerprint density at radius 1 is 1.26 bits per heavy atom. The molecule has 4 nitrogen and oxygen atoms in total. The Kier molecular flexibility index (Phi) is 5.69. The molecule has 19 heavy (non-hydrogen) atoms. The second-order valence-electron chi connectivity index (χ2n) is 4.83. The normalized spacial score (nSPS) is 16.0. The Morgan fingerprint density at radius 2 is 2.00 bits per heavy atom. The van der Waals surface area contributed by atoms with Crippen LogP contribution < -0.4 is 15.4 Å². The maximum Gasteiger partial charge on any atom is 0.223 e. The van der Waals surface area contributed by atoms with Crippen LogP contribution >= 0.6 is 0 Å². The third kappa shape index (κ3) is 4.91. The molecule has 0 saturated carbocycles. The molecule has 1 heterocycles. The molecule has 0 radical (unpaired) electrons. The monoisotopic (exact) mass is 262 g/mol. The summed E-state index contributed by atoms with van der Waals surface area (Å²) < 4.78 is 5.57. The second-order valence-corrected chi connectivity index (χ2v) is 4.83. The number of hydrogen-bond donors (Lipinski definition) is 2. The van der Waals surface area contributed by atoms with Crippen molar-refractivity contribution >= 4 is 5.91 Å². The molecule has 0 aliphatic carbocycles. The zero-order chi connectivity index (χ0) is 13.3. The summed E-state index contributed by atoms with van der Waals surface area (Å²) in [7, 11) is 0. The minimum absolute atomic E-state index is 0.191. The van der Waals surface area contributed by atoms with Crippen molar-refractivity contribution in [2.24, 2.45) is 5.92 Å². The summed E-state index contributed by atoms with van der Waals surface area (Å²) in [6.45, 7) is 3.23. The van der Waals surface area contributed by atoms with E-state index in [4.69, 9.17) is 4.74 Å². The number of hydrogen-bond acceptors (Lipinski definition) is 3. The van der Waals surface area contributed by atoms with E-state index < -0.39 is 0 Å². The van der Waals surface area contributed by atoms with Gasteiger partial charge in [-0.1, -0.05) is 18.2 Å². The van der Waals surface area contributed by atoms with E-state index in [1.807, 2.05) is 30.3 Å². The molecule has 1 aliphatic heterocycles. The maximum absolute atomic E-state index is 11.9. The molecule has 1 saturated heterocycles. The van der Waals surface area contributed by atoms with E-state index in [1.54, 1.807) is 0 Å². The highest BCUT2D eigenvalue weighted by molar-refractivity contribution is 5.78. The standard InChI is InChI=1S/C15H22N2O2/c18-15(13-7-10-16-11-8-13)17-9-4-12-19-14-5-2-1-3-6-14/h1-3,5-6,13,16H,4,7-12H2,(H,17,18). The molecule has 0 aromatic heterocycles. The Bertz CT molecular complexity index is 375. The topological polar surface area (TPSA) is 50.4 Å². The van der Waals surface area contributed by atoms with Gasteiger partial charge >= 0.3 is 0 Å². The van der Waals surface area contributed by atoms with Crippen molar-refractivity contribution in [3.63, 3.8) is 0 Å². The first-order valence-corrected chi connectivity index (χ1v) is 7.02. The van der Waals surface area contributed by atoms with Crippen molar-refractivity contribution in [1.29, 1.82) is 0 Å². The summed E-state index contributed by atoms with van der Waals surface area (Å²) >= 11 is 0. The first-order valence-electron chi connectivity index (χ1n) is 7.02. The van der Waals surface area contributed by atoms with Gasteiger partial charge < -0.3 is 15.4 Å². The quantitative estimate of drug-likeness (QED) is 0.765. The zero-order valence-corrected chi connectivity index (χ0v) is 11.2. The van der Waals surface area contributed by atoms with Gasteiger partial charge in [-0.25, -0.2) is 0 Å². The largest absolute Gasteiger partial charge is 0.494 e.